The van der Waals surface area contributed by atoms with Gasteiger partial charge in [-0.3, -0.25) is 4.79 Å². The molecule has 6 heteroatoms. The molecule has 24 heavy (non-hydrogen) atoms. The van der Waals surface area contributed by atoms with Crippen molar-refractivity contribution >= 4 is 22.6 Å². The van der Waals surface area contributed by atoms with E-state index in [-0.39, 0.29) is 19.4 Å². The number of carboxylic acid groups (broad SMARTS) is 1. The highest BCUT2D eigenvalue weighted by atomic mass is 16.5. The van der Waals surface area contributed by atoms with E-state index in [0.29, 0.717) is 19.0 Å². The van der Waals surface area contributed by atoms with Crippen molar-refractivity contribution in [3.63, 3.8) is 0 Å². The number of hydrogen-bond donors (Lipinski definition) is 2. The molecule has 1 amide bonds. The lowest BCUT2D eigenvalue weighted by molar-refractivity contribution is -0.152. The maximum atomic E-state index is 12.1. The van der Waals surface area contributed by atoms with Crippen LogP contribution in [0.15, 0.2) is 42.5 Å². The largest absolute Gasteiger partial charge is 0.484 e. The molecule has 0 radical (unpaired) electrons. The Hall–Kier alpha value is -2.60. The van der Waals surface area contributed by atoms with Crippen LogP contribution in [-0.2, 0) is 14.3 Å². The zero-order valence-electron chi connectivity index (χ0n) is 13.2. The van der Waals surface area contributed by atoms with E-state index in [9.17, 15) is 14.7 Å². The summed E-state index contributed by atoms with van der Waals surface area (Å²) in [7, 11) is 0. The summed E-state index contributed by atoms with van der Waals surface area (Å²) in [4.78, 5) is 23.6. The van der Waals surface area contributed by atoms with Gasteiger partial charge in [-0.25, -0.2) is 4.79 Å². The van der Waals surface area contributed by atoms with E-state index in [1.54, 1.807) is 6.07 Å². The molecule has 0 aromatic heterocycles. The minimum absolute atomic E-state index is 0.228. The van der Waals surface area contributed by atoms with Crippen molar-refractivity contribution in [1.29, 1.82) is 0 Å². The molecule has 0 atom stereocenters. The fraction of sp³-hybridized carbons (Fsp3) is 0.333. The van der Waals surface area contributed by atoms with Crippen LogP contribution in [0.2, 0.25) is 0 Å². The molecule has 2 N–H and O–H groups in total. The van der Waals surface area contributed by atoms with E-state index in [2.05, 4.69) is 5.32 Å². The standard InChI is InChI=1S/C18H19NO5/c20-16(19-18(17(21)22)7-9-23-10-8-18)12-24-15-6-5-13-3-1-2-4-14(13)11-15/h1-6,11H,7-10,12H2,(H,19,20)(H,21,22). The fourth-order valence-corrected chi connectivity index (χ4v) is 2.82. The van der Waals surface area contributed by atoms with E-state index in [0.717, 1.165) is 10.8 Å². The van der Waals surface area contributed by atoms with Gasteiger partial charge in [-0.1, -0.05) is 30.3 Å². The normalized spacial score (nSPS) is 16.5. The number of fused-ring (bicyclic) bond motifs is 1. The lowest BCUT2D eigenvalue weighted by atomic mass is 9.90. The number of rotatable bonds is 5. The van der Waals surface area contributed by atoms with Crippen LogP contribution < -0.4 is 10.1 Å². The second-order valence-electron chi connectivity index (χ2n) is 5.85. The van der Waals surface area contributed by atoms with Crippen LogP contribution in [0.3, 0.4) is 0 Å². The van der Waals surface area contributed by atoms with Gasteiger partial charge < -0.3 is 19.9 Å². The summed E-state index contributed by atoms with van der Waals surface area (Å²) in [5.74, 6) is -0.919. The Morgan fingerprint density at radius 2 is 1.83 bits per heavy atom. The topological polar surface area (TPSA) is 84.9 Å². The summed E-state index contributed by atoms with van der Waals surface area (Å²) < 4.78 is 10.7. The van der Waals surface area contributed by atoms with Crippen LogP contribution in [0.5, 0.6) is 5.75 Å². The molecule has 2 aromatic carbocycles. The average molecular weight is 329 g/mol. The summed E-state index contributed by atoms with van der Waals surface area (Å²) in [6.45, 7) is 0.407. The van der Waals surface area contributed by atoms with Gasteiger partial charge in [-0.2, -0.15) is 0 Å². The summed E-state index contributed by atoms with van der Waals surface area (Å²) in [5, 5.41) is 14.1. The summed E-state index contributed by atoms with van der Waals surface area (Å²) >= 11 is 0. The van der Waals surface area contributed by atoms with Crippen LogP contribution in [-0.4, -0.2) is 42.3 Å². The van der Waals surface area contributed by atoms with E-state index in [1.165, 1.54) is 0 Å². The van der Waals surface area contributed by atoms with Crippen LogP contribution in [0.4, 0.5) is 0 Å². The first-order chi connectivity index (χ1) is 11.6. The third-order valence-electron chi connectivity index (χ3n) is 4.23. The van der Waals surface area contributed by atoms with Crippen molar-refractivity contribution in [3.05, 3.63) is 42.5 Å². The molecule has 126 valence electrons. The summed E-state index contributed by atoms with van der Waals surface area (Å²) in [6.07, 6.45) is 0.508. The molecular formula is C18H19NO5. The number of aliphatic carboxylic acids is 1. The average Bonchev–Trinajstić information content (AvgIpc) is 2.60. The van der Waals surface area contributed by atoms with Gasteiger partial charge in [0.2, 0.25) is 0 Å². The monoisotopic (exact) mass is 329 g/mol. The SMILES string of the molecule is O=C(COc1ccc2ccccc2c1)NC1(C(=O)O)CCOCC1. The van der Waals surface area contributed by atoms with Crippen LogP contribution in [0, 0.1) is 0 Å². The molecule has 1 aliphatic rings. The van der Waals surface area contributed by atoms with Gasteiger partial charge in [0.25, 0.3) is 5.91 Å². The molecule has 3 rings (SSSR count). The Bertz CT molecular complexity index is 752. The molecule has 0 spiro atoms. The first-order valence-electron chi connectivity index (χ1n) is 7.83. The highest BCUT2D eigenvalue weighted by Crippen LogP contribution is 2.22. The van der Waals surface area contributed by atoms with E-state index in [1.807, 2.05) is 36.4 Å². The molecule has 0 unspecified atom stereocenters. The number of carbonyl (C=O) groups excluding carboxylic acids is 1. The molecule has 0 saturated carbocycles. The quantitative estimate of drug-likeness (QED) is 0.876. The highest BCUT2D eigenvalue weighted by Gasteiger charge is 2.41. The number of carbonyl (C=O) groups is 2. The van der Waals surface area contributed by atoms with E-state index in [4.69, 9.17) is 9.47 Å². The Morgan fingerprint density at radius 1 is 1.12 bits per heavy atom. The smallest absolute Gasteiger partial charge is 0.329 e. The van der Waals surface area contributed by atoms with Gasteiger partial charge in [-0.05, 0) is 22.9 Å². The second kappa shape index (κ2) is 6.88. The summed E-state index contributed by atoms with van der Waals surface area (Å²) in [6, 6.07) is 13.4. The number of nitrogens with one attached hydrogen (secondary N) is 1. The van der Waals surface area contributed by atoms with Gasteiger partial charge in [0.1, 0.15) is 11.3 Å². The number of amides is 1. The molecule has 0 bridgehead atoms. The third kappa shape index (κ3) is 3.49. The van der Waals surface area contributed by atoms with Crippen molar-refractivity contribution in [2.45, 2.75) is 18.4 Å². The molecule has 6 nitrogen and oxygen atoms in total. The molecule has 1 saturated heterocycles. The number of carboxylic acids is 1. The first-order valence-corrected chi connectivity index (χ1v) is 7.83. The predicted molar refractivity (Wildman–Crippen MR) is 88.0 cm³/mol. The fourth-order valence-electron chi connectivity index (χ4n) is 2.82. The number of ether oxygens (including phenoxy) is 2. The molecule has 1 aliphatic heterocycles. The Kier molecular flexibility index (Phi) is 4.66. The molecule has 1 fully saturated rings. The maximum absolute atomic E-state index is 12.1. The van der Waals surface area contributed by atoms with E-state index >= 15 is 0 Å². The Labute approximate surface area is 139 Å². The van der Waals surface area contributed by atoms with Gasteiger partial charge in [0, 0.05) is 26.1 Å². The summed E-state index contributed by atoms with van der Waals surface area (Å²) in [5.41, 5.74) is -1.26. The highest BCUT2D eigenvalue weighted by molar-refractivity contribution is 5.88. The predicted octanol–water partition coefficient (Wildman–Crippen LogP) is 1.97. The van der Waals surface area contributed by atoms with Crippen LogP contribution in [0.25, 0.3) is 10.8 Å². The lowest BCUT2D eigenvalue weighted by Crippen LogP contribution is -2.58. The lowest BCUT2D eigenvalue weighted by Gasteiger charge is -2.33. The minimum Gasteiger partial charge on any atom is -0.484 e. The van der Waals surface area contributed by atoms with Gasteiger partial charge in [0.15, 0.2) is 6.61 Å². The van der Waals surface area contributed by atoms with Crippen molar-refractivity contribution in [2.24, 2.45) is 0 Å². The van der Waals surface area contributed by atoms with Crippen molar-refractivity contribution in [2.75, 3.05) is 19.8 Å². The maximum Gasteiger partial charge on any atom is 0.329 e. The van der Waals surface area contributed by atoms with Crippen molar-refractivity contribution in [1.82, 2.24) is 5.32 Å². The van der Waals surface area contributed by atoms with Crippen LogP contribution in [0.1, 0.15) is 12.8 Å². The zero-order valence-corrected chi connectivity index (χ0v) is 13.2. The van der Waals surface area contributed by atoms with Gasteiger partial charge in [0.05, 0.1) is 0 Å². The van der Waals surface area contributed by atoms with E-state index < -0.39 is 17.4 Å². The van der Waals surface area contributed by atoms with Crippen molar-refractivity contribution in [3.8, 4) is 5.75 Å². The molecular weight excluding hydrogens is 310 g/mol. The molecule has 0 aliphatic carbocycles. The minimum atomic E-state index is -1.26. The Balaban J connectivity index is 1.62. The number of hydrogen-bond acceptors (Lipinski definition) is 4. The van der Waals surface area contributed by atoms with Crippen molar-refractivity contribution < 1.29 is 24.2 Å². The second-order valence-corrected chi connectivity index (χ2v) is 5.85. The third-order valence-corrected chi connectivity index (χ3v) is 4.23. The van der Waals surface area contributed by atoms with Gasteiger partial charge in [-0.15, -0.1) is 0 Å². The molecule has 2 aromatic rings. The Morgan fingerprint density at radius 3 is 2.54 bits per heavy atom. The number of benzene rings is 2. The molecule has 1 heterocycles. The zero-order chi connectivity index (χ0) is 17.0. The van der Waals surface area contributed by atoms with Crippen LogP contribution >= 0.6 is 0 Å². The van der Waals surface area contributed by atoms with Gasteiger partial charge >= 0.3 is 5.97 Å². The first kappa shape index (κ1) is 16.3.